The predicted molar refractivity (Wildman–Crippen MR) is 218 cm³/mol. The molecule has 1 rings (SSSR count). The van der Waals surface area contributed by atoms with Gasteiger partial charge in [-0.1, -0.05) is 151 Å². The Kier molecular flexibility index (Phi) is 26.6. The van der Waals surface area contributed by atoms with Gasteiger partial charge in [-0.3, -0.25) is 9.59 Å². The molecule has 5 atom stereocenters. The van der Waals surface area contributed by atoms with Crippen LogP contribution < -0.4 is 11.1 Å². The molecule has 1 saturated carbocycles. The molecule has 1 aliphatic carbocycles. The zero-order valence-corrected chi connectivity index (χ0v) is 35.4. The second-order valence-corrected chi connectivity index (χ2v) is 17.7. The highest BCUT2D eigenvalue weighted by atomic mass is 16.5. The molecule has 1 fully saturated rings. The Hall–Kier alpha value is -1.14. The van der Waals surface area contributed by atoms with Crippen LogP contribution in [0.4, 0.5) is 0 Å². The highest BCUT2D eigenvalue weighted by Crippen LogP contribution is 2.42. The van der Waals surface area contributed by atoms with Crippen molar-refractivity contribution < 1.29 is 19.1 Å². The van der Waals surface area contributed by atoms with Crippen molar-refractivity contribution >= 4 is 11.9 Å². The lowest BCUT2D eigenvalue weighted by molar-refractivity contribution is -0.159. The number of carbonyl (C=O) groups excluding carboxylic acids is 2. The molecule has 0 aromatic carbocycles. The molecule has 302 valence electrons. The second kappa shape index (κ2) is 28.3. The zero-order valence-electron chi connectivity index (χ0n) is 35.4. The molecule has 0 saturated heterocycles. The van der Waals surface area contributed by atoms with Gasteiger partial charge in [0, 0.05) is 23.8 Å². The fourth-order valence-electron chi connectivity index (χ4n) is 8.83. The van der Waals surface area contributed by atoms with E-state index in [9.17, 15) is 9.59 Å². The van der Waals surface area contributed by atoms with Gasteiger partial charge in [-0.2, -0.15) is 0 Å². The minimum absolute atomic E-state index is 0.0914. The maximum atomic E-state index is 13.7. The third-order valence-corrected chi connectivity index (χ3v) is 12.2. The molecule has 0 radical (unpaired) electrons. The Bertz CT molecular complexity index is 858. The van der Waals surface area contributed by atoms with Crippen LogP contribution in [0.25, 0.3) is 0 Å². The van der Waals surface area contributed by atoms with Gasteiger partial charge >= 0.3 is 11.9 Å². The first kappa shape index (κ1) is 47.9. The smallest absolute Gasteiger partial charge is 0.306 e. The Morgan fingerprint density at radius 2 is 1.20 bits per heavy atom. The van der Waals surface area contributed by atoms with E-state index in [2.05, 4.69) is 53.8 Å². The summed E-state index contributed by atoms with van der Waals surface area (Å²) < 4.78 is 12.4. The van der Waals surface area contributed by atoms with Gasteiger partial charge in [-0.25, -0.2) is 0 Å². The lowest BCUT2D eigenvalue weighted by atomic mass is 9.67. The van der Waals surface area contributed by atoms with Crippen LogP contribution in [0, 0.1) is 23.2 Å². The minimum Gasteiger partial charge on any atom is -0.462 e. The largest absolute Gasteiger partial charge is 0.462 e. The van der Waals surface area contributed by atoms with Crippen LogP contribution in [0.1, 0.15) is 222 Å². The molecule has 1 aliphatic rings. The second-order valence-electron chi connectivity index (χ2n) is 17.7. The molecule has 0 aliphatic heterocycles. The summed E-state index contributed by atoms with van der Waals surface area (Å²) in [7, 11) is 1.90. The van der Waals surface area contributed by atoms with Crippen LogP contribution in [0.5, 0.6) is 0 Å². The van der Waals surface area contributed by atoms with E-state index in [1.807, 2.05) is 7.05 Å². The molecular formula is C45H88N2O4. The third-order valence-electron chi connectivity index (χ3n) is 12.2. The number of ether oxygens (including phenoxy) is 2. The van der Waals surface area contributed by atoms with E-state index in [1.54, 1.807) is 0 Å². The molecule has 0 heterocycles. The summed E-state index contributed by atoms with van der Waals surface area (Å²) in [6, 6.07) is 0. The van der Waals surface area contributed by atoms with Gasteiger partial charge in [0.2, 0.25) is 0 Å². The standard InChI is InChI=1S/C45H88N2O4/c1-9-12-15-18-21-24-28-39(29-25-22-19-16-13-10-2)45(7,46)36-44(5,6)41(30-26-23-20-17-14-11-3)51-43(49)35-38-32-33-40(37(38)4)50-42(48)31-27-34-47-8/h37-41,47H,9-36,46H2,1-8H3. The number of esters is 2. The number of nitrogens with one attached hydrogen (secondary N) is 1. The fraction of sp³-hybridized carbons (Fsp3) is 0.956. The van der Waals surface area contributed by atoms with Gasteiger partial charge < -0.3 is 20.5 Å². The normalized spacial score (nSPS) is 19.7. The fourth-order valence-corrected chi connectivity index (χ4v) is 8.83. The Labute approximate surface area is 317 Å². The predicted octanol–water partition coefficient (Wildman–Crippen LogP) is 12.2. The molecule has 6 heteroatoms. The average molecular weight is 721 g/mol. The topological polar surface area (TPSA) is 90.6 Å². The first-order chi connectivity index (χ1) is 24.4. The monoisotopic (exact) mass is 721 g/mol. The summed E-state index contributed by atoms with van der Waals surface area (Å²) in [6.07, 6.45) is 30.3. The molecule has 0 spiro atoms. The number of unbranched alkanes of at least 4 members (excludes halogenated alkanes) is 15. The molecular weight excluding hydrogens is 633 g/mol. The molecule has 0 aromatic heterocycles. The van der Waals surface area contributed by atoms with E-state index < -0.39 is 0 Å². The Morgan fingerprint density at radius 3 is 1.71 bits per heavy atom. The van der Waals surface area contributed by atoms with Crippen molar-refractivity contribution in [1.29, 1.82) is 0 Å². The lowest BCUT2D eigenvalue weighted by Gasteiger charge is -2.44. The van der Waals surface area contributed by atoms with Gasteiger partial charge in [-0.05, 0) is 89.6 Å². The first-order valence-electron chi connectivity index (χ1n) is 22.2. The molecule has 5 unspecified atom stereocenters. The van der Waals surface area contributed by atoms with Crippen LogP contribution in [0.15, 0.2) is 0 Å². The first-order valence-corrected chi connectivity index (χ1v) is 22.2. The highest BCUT2D eigenvalue weighted by molar-refractivity contribution is 5.70. The lowest BCUT2D eigenvalue weighted by Crippen LogP contribution is -2.50. The van der Waals surface area contributed by atoms with Crippen molar-refractivity contribution in [2.45, 2.75) is 240 Å². The van der Waals surface area contributed by atoms with Gasteiger partial charge in [0.05, 0.1) is 0 Å². The van der Waals surface area contributed by atoms with E-state index in [0.717, 1.165) is 45.1 Å². The number of hydrogen-bond donors (Lipinski definition) is 2. The van der Waals surface area contributed by atoms with Gasteiger partial charge in [-0.15, -0.1) is 0 Å². The van der Waals surface area contributed by atoms with E-state index in [-0.39, 0.29) is 46.9 Å². The van der Waals surface area contributed by atoms with Gasteiger partial charge in [0.25, 0.3) is 0 Å². The quantitative estimate of drug-likeness (QED) is 0.0518. The van der Waals surface area contributed by atoms with Crippen molar-refractivity contribution in [3.63, 3.8) is 0 Å². The third kappa shape index (κ3) is 21.4. The molecule has 3 N–H and O–H groups in total. The van der Waals surface area contributed by atoms with Gasteiger partial charge in [0.15, 0.2) is 0 Å². The molecule has 0 aromatic rings. The molecule has 0 amide bonds. The van der Waals surface area contributed by atoms with Crippen LogP contribution in [0.2, 0.25) is 0 Å². The van der Waals surface area contributed by atoms with Crippen LogP contribution in [-0.4, -0.2) is 43.3 Å². The van der Waals surface area contributed by atoms with Crippen LogP contribution in [-0.2, 0) is 19.1 Å². The maximum absolute atomic E-state index is 13.7. The van der Waals surface area contributed by atoms with Crippen molar-refractivity contribution in [3.8, 4) is 0 Å². The molecule has 51 heavy (non-hydrogen) atoms. The summed E-state index contributed by atoms with van der Waals surface area (Å²) in [5.41, 5.74) is 6.87. The molecule has 0 bridgehead atoms. The highest BCUT2D eigenvalue weighted by Gasteiger charge is 2.42. The zero-order chi connectivity index (χ0) is 38.0. The van der Waals surface area contributed by atoms with E-state index in [1.165, 1.54) is 122 Å². The number of rotatable bonds is 33. The minimum atomic E-state index is -0.313. The maximum Gasteiger partial charge on any atom is 0.306 e. The van der Waals surface area contributed by atoms with E-state index >= 15 is 0 Å². The number of nitrogens with two attached hydrogens (primary N) is 1. The van der Waals surface area contributed by atoms with E-state index in [0.29, 0.717) is 18.8 Å². The Balaban J connectivity index is 2.97. The van der Waals surface area contributed by atoms with Crippen molar-refractivity contribution in [1.82, 2.24) is 5.32 Å². The number of carbonyl (C=O) groups is 2. The number of hydrogen-bond acceptors (Lipinski definition) is 6. The summed E-state index contributed by atoms with van der Waals surface area (Å²) in [5, 5.41) is 3.09. The van der Waals surface area contributed by atoms with Crippen LogP contribution in [0.3, 0.4) is 0 Å². The van der Waals surface area contributed by atoms with Crippen molar-refractivity contribution in [2.24, 2.45) is 28.9 Å². The summed E-state index contributed by atoms with van der Waals surface area (Å²) >= 11 is 0. The van der Waals surface area contributed by atoms with Crippen molar-refractivity contribution in [2.75, 3.05) is 13.6 Å². The average Bonchev–Trinajstić information content (AvgIpc) is 3.41. The van der Waals surface area contributed by atoms with E-state index in [4.69, 9.17) is 15.2 Å². The van der Waals surface area contributed by atoms with Crippen LogP contribution >= 0.6 is 0 Å². The summed E-state index contributed by atoms with van der Waals surface area (Å²) in [5.74, 6) is 0.613. The van der Waals surface area contributed by atoms with Crippen molar-refractivity contribution in [3.05, 3.63) is 0 Å². The summed E-state index contributed by atoms with van der Waals surface area (Å²) in [4.78, 5) is 26.1. The SMILES string of the molecule is CCCCCCCCC(OC(=O)CC1CCC(OC(=O)CCCNC)C1C)C(C)(C)CC(C)(N)C(CCCCCCCC)CCCCCCCC. The van der Waals surface area contributed by atoms with Gasteiger partial charge in [0.1, 0.15) is 12.2 Å². The summed E-state index contributed by atoms with van der Waals surface area (Å²) in [6.45, 7) is 16.7. The Morgan fingerprint density at radius 1 is 0.706 bits per heavy atom. The molecule has 6 nitrogen and oxygen atoms in total.